The van der Waals surface area contributed by atoms with Crippen molar-refractivity contribution in [1.29, 1.82) is 0 Å². The average molecular weight is 897 g/mol. The number of aromatic nitrogens is 1. The average Bonchev–Trinajstić information content (AvgIpc) is 3.95. The minimum absolute atomic E-state index is 0.00375. The third-order valence-electron chi connectivity index (χ3n) is 16.4. The summed E-state index contributed by atoms with van der Waals surface area (Å²) in [6.45, 7) is 9.22. The highest BCUT2D eigenvalue weighted by Gasteiger charge is 2.80. The summed E-state index contributed by atoms with van der Waals surface area (Å²) in [6.07, 6.45) is 6.58. The fourth-order valence-electron chi connectivity index (χ4n) is 14.1. The Labute approximate surface area is 381 Å². The maximum absolute atomic E-state index is 15.6. The van der Waals surface area contributed by atoms with E-state index in [9.17, 15) is 14.7 Å². The molecule has 5 aliphatic heterocycles. The van der Waals surface area contributed by atoms with Gasteiger partial charge >= 0.3 is 17.9 Å². The van der Waals surface area contributed by atoms with Crippen molar-refractivity contribution in [2.24, 2.45) is 11.3 Å². The number of thiocarbonyl (C=S) groups is 1. The molecule has 0 radical (unpaired) electrons. The second-order valence-corrected chi connectivity index (χ2v) is 20.0. The van der Waals surface area contributed by atoms with Gasteiger partial charge in [0.25, 0.3) is 0 Å². The van der Waals surface area contributed by atoms with Crippen molar-refractivity contribution in [2.45, 2.75) is 99.5 Å². The monoisotopic (exact) mass is 896 g/mol. The van der Waals surface area contributed by atoms with E-state index in [4.69, 9.17) is 31.2 Å². The van der Waals surface area contributed by atoms with Crippen LogP contribution < -0.4 is 15.0 Å². The number of H-pyrrole nitrogens is 1. The van der Waals surface area contributed by atoms with Crippen LogP contribution in [0.5, 0.6) is 5.75 Å². The summed E-state index contributed by atoms with van der Waals surface area (Å²) in [6, 6.07) is 11.1. The maximum atomic E-state index is 15.6. The van der Waals surface area contributed by atoms with Crippen LogP contribution in [0.3, 0.4) is 0 Å². The number of aliphatic hydroxyl groups is 1. The molecule has 3 fully saturated rings. The number of nitrogens with one attached hydrogen (secondary N) is 2. The number of piperidine rings is 1. The zero-order chi connectivity index (χ0) is 45.7. The third-order valence-corrected chi connectivity index (χ3v) is 16.9. The molecule has 0 amide bonds. The molecule has 10 atom stereocenters. The van der Waals surface area contributed by atoms with Crippen molar-refractivity contribution < 1.29 is 38.4 Å². The number of nitrogens with zero attached hydrogens (tertiary/aromatic N) is 4. The molecule has 1 aromatic heterocycles. The van der Waals surface area contributed by atoms with E-state index in [1.165, 1.54) is 21.1 Å². The molecule has 6 aliphatic rings. The van der Waals surface area contributed by atoms with Gasteiger partial charge in [0, 0.05) is 105 Å². The van der Waals surface area contributed by atoms with Crippen LogP contribution in [-0.2, 0) is 45.8 Å². The molecule has 3 N–H and O–H groups in total. The first-order valence-corrected chi connectivity index (χ1v) is 23.2. The summed E-state index contributed by atoms with van der Waals surface area (Å²) in [7, 11) is 10.2. The molecule has 14 nitrogen and oxygen atoms in total. The largest absolute Gasteiger partial charge is 0.496 e. The van der Waals surface area contributed by atoms with Gasteiger partial charge in [0.15, 0.2) is 11.2 Å². The van der Waals surface area contributed by atoms with Crippen molar-refractivity contribution in [3.8, 4) is 5.75 Å². The number of esters is 3. The molecule has 64 heavy (non-hydrogen) atoms. The fourth-order valence-corrected chi connectivity index (χ4v) is 14.3. The Bertz CT molecular complexity index is 2440. The lowest BCUT2D eigenvalue weighted by atomic mass is 9.47. The van der Waals surface area contributed by atoms with E-state index >= 15 is 4.79 Å². The van der Waals surface area contributed by atoms with E-state index in [1.54, 1.807) is 7.11 Å². The molecule has 344 valence electrons. The number of methoxy groups -OCH3 is 3. The third kappa shape index (κ3) is 5.98. The Morgan fingerprint density at radius 2 is 1.75 bits per heavy atom. The Kier molecular flexibility index (Phi) is 10.9. The van der Waals surface area contributed by atoms with E-state index in [0.717, 1.165) is 65.9 Å². The quantitative estimate of drug-likeness (QED) is 0.127. The van der Waals surface area contributed by atoms with E-state index in [0.29, 0.717) is 55.2 Å². The van der Waals surface area contributed by atoms with Gasteiger partial charge in [0.1, 0.15) is 11.2 Å². The molecule has 15 heteroatoms. The summed E-state index contributed by atoms with van der Waals surface area (Å²) in [4.78, 5) is 55.9. The molecule has 2 bridgehead atoms. The highest BCUT2D eigenvalue weighted by atomic mass is 32.1. The van der Waals surface area contributed by atoms with Crippen LogP contribution in [0.25, 0.3) is 10.9 Å². The number of carbonyl (C=O) groups is 3. The summed E-state index contributed by atoms with van der Waals surface area (Å²) >= 11 is 5.90. The Hall–Kier alpha value is -4.70. The van der Waals surface area contributed by atoms with Crippen molar-refractivity contribution >= 4 is 51.8 Å². The number of likely N-dealkylation sites (N-methyl/N-ethyl adjacent to an activating group) is 1. The Morgan fingerprint density at radius 3 is 2.42 bits per heavy atom. The van der Waals surface area contributed by atoms with Crippen LogP contribution in [-0.4, -0.2) is 152 Å². The van der Waals surface area contributed by atoms with Gasteiger partial charge in [-0.2, -0.15) is 0 Å². The second-order valence-electron chi connectivity index (χ2n) is 19.6. The molecule has 2 saturated heterocycles. The molecular weight excluding hydrogens is 833 g/mol. The van der Waals surface area contributed by atoms with Crippen molar-refractivity contribution in [2.75, 3.05) is 80.1 Å². The maximum Gasteiger partial charge on any atom is 0.344 e. The summed E-state index contributed by atoms with van der Waals surface area (Å²) < 4.78 is 24.2. The van der Waals surface area contributed by atoms with Crippen LogP contribution in [0.15, 0.2) is 48.6 Å². The normalized spacial score (nSPS) is 34.8. The van der Waals surface area contributed by atoms with E-state index < -0.39 is 51.9 Å². The van der Waals surface area contributed by atoms with E-state index in [2.05, 4.69) is 57.4 Å². The lowest BCUT2D eigenvalue weighted by Gasteiger charge is -2.63. The van der Waals surface area contributed by atoms with Gasteiger partial charge in [0.05, 0.1) is 32.9 Å². The number of benzene rings is 2. The number of hydrogen-bond acceptors (Lipinski definition) is 12. The Morgan fingerprint density at radius 1 is 1.00 bits per heavy atom. The first-order valence-electron chi connectivity index (χ1n) is 22.8. The predicted octanol–water partition coefficient (Wildman–Crippen LogP) is 4.43. The van der Waals surface area contributed by atoms with Crippen LogP contribution in [0, 0.1) is 11.3 Å². The molecule has 9 rings (SSSR count). The molecule has 1 unspecified atom stereocenters. The van der Waals surface area contributed by atoms with Gasteiger partial charge in [-0.05, 0) is 86.5 Å². The number of rotatable bonds is 8. The van der Waals surface area contributed by atoms with Crippen LogP contribution in [0.2, 0.25) is 0 Å². The lowest BCUT2D eigenvalue weighted by molar-refractivity contribution is -0.228. The second kappa shape index (κ2) is 15.7. The first-order chi connectivity index (χ1) is 30.5. The van der Waals surface area contributed by atoms with E-state index in [1.807, 2.05) is 56.1 Å². The van der Waals surface area contributed by atoms with Crippen molar-refractivity contribution in [1.82, 2.24) is 25.0 Å². The topological polar surface area (TPSA) is 149 Å². The highest BCUT2D eigenvalue weighted by molar-refractivity contribution is 7.80. The number of anilines is 1. The van der Waals surface area contributed by atoms with E-state index in [-0.39, 0.29) is 17.5 Å². The summed E-state index contributed by atoms with van der Waals surface area (Å²) in [5, 5.41) is 18.9. The van der Waals surface area contributed by atoms with Crippen LogP contribution in [0.4, 0.5) is 5.69 Å². The van der Waals surface area contributed by atoms with Crippen molar-refractivity contribution in [3.63, 3.8) is 0 Å². The molecule has 2 aromatic carbocycles. The number of carbonyl (C=O) groups excluding carboxylic acids is 3. The SMILES string of the molecule is CC[C@]1(NC(=S)N(C)C)C[C@@H]2CN(CCc3c([nH]c4ccccc34)[C@@](C(=O)OC)(c3cc4c(cc3OC)N(C)[C@H]3[C@@](O)(C(=O)OC)[C@H](OC(C)=O)[C@]5(CC)C=CCN6CC[C@]43[C@@H]65)C2)C1. The van der Waals surface area contributed by atoms with Gasteiger partial charge in [0.2, 0.25) is 5.60 Å². The smallest absolute Gasteiger partial charge is 0.344 e. The minimum Gasteiger partial charge on any atom is -0.496 e. The summed E-state index contributed by atoms with van der Waals surface area (Å²) in [5.74, 6) is -1.39. The van der Waals surface area contributed by atoms with Crippen LogP contribution in [0.1, 0.15) is 75.3 Å². The number of hydrogen-bond donors (Lipinski definition) is 3. The molecular formula is C49H64N6O8S. The standard InChI is InChI=1S/C49H64N6O8S/c1-10-45(51-44(64)52(4)5)25-30-26-48(42(57)61-8,38-32(17-21-54(27-30)28-45)31-15-12-13-16-35(31)50-38)34-23-33-36(24-37(34)60-7)53(6)40-47(33)19-22-55-20-14-18-46(11-2,39(47)55)41(63-29(3)56)49(40,59)43(58)62-9/h12-16,18,23-24,30,39-41,50,59H,10-11,17,19-22,25-28H2,1-9H3,(H,51,64)/t30-,39-,40+,41+,45-,46+,47+,48-,49-/m0/s1. The zero-order valence-corrected chi connectivity index (χ0v) is 39.5. The van der Waals surface area contributed by atoms with Gasteiger partial charge in [-0.1, -0.05) is 44.2 Å². The minimum atomic E-state index is -2.30. The number of ether oxygens (including phenoxy) is 4. The van der Waals surface area contributed by atoms with Gasteiger partial charge in [-0.15, -0.1) is 0 Å². The van der Waals surface area contributed by atoms with Gasteiger partial charge in [-0.3, -0.25) is 14.5 Å². The zero-order valence-electron chi connectivity index (χ0n) is 38.7. The Balaban J connectivity index is 1.34. The fraction of sp³-hybridized carbons (Fsp3) is 0.592. The highest BCUT2D eigenvalue weighted by Crippen LogP contribution is 2.68. The summed E-state index contributed by atoms with van der Waals surface area (Å²) in [5.41, 5.74) is -0.873. The number of aromatic amines is 1. The number of fused-ring (bicyclic) bond motifs is 6. The van der Waals surface area contributed by atoms with Gasteiger partial charge in [-0.25, -0.2) is 4.79 Å². The number of para-hydroxylation sites is 1. The lowest BCUT2D eigenvalue weighted by Crippen LogP contribution is -2.81. The van der Waals surface area contributed by atoms with Gasteiger partial charge < -0.3 is 49.1 Å². The molecule has 3 aromatic rings. The molecule has 1 aliphatic carbocycles. The van der Waals surface area contributed by atoms with Crippen molar-refractivity contribution in [3.05, 3.63) is 70.9 Å². The predicted molar refractivity (Wildman–Crippen MR) is 248 cm³/mol. The molecule has 6 heterocycles. The van der Waals surface area contributed by atoms with Crippen LogP contribution >= 0.6 is 12.2 Å². The molecule has 1 saturated carbocycles. The first kappa shape index (κ1) is 44.5. The molecule has 1 spiro atoms.